The molecule has 0 radical (unpaired) electrons. The van der Waals surface area contributed by atoms with Crippen molar-refractivity contribution in [2.45, 2.75) is 23.8 Å². The molecule has 1 aromatic heterocycles. The first-order valence-electron chi connectivity index (χ1n) is 12.4. The van der Waals surface area contributed by atoms with Gasteiger partial charge in [-0.05, 0) is 53.3 Å². The Bertz CT molecular complexity index is 1510. The van der Waals surface area contributed by atoms with Crippen LogP contribution in [0.3, 0.4) is 0 Å². The minimum absolute atomic E-state index is 0.0803. The van der Waals surface area contributed by atoms with Crippen LogP contribution in [-0.2, 0) is 21.2 Å². The topological polar surface area (TPSA) is 104 Å². The Kier molecular flexibility index (Phi) is 8.01. The maximum atomic E-state index is 14.0. The molecule has 1 unspecified atom stereocenters. The summed E-state index contributed by atoms with van der Waals surface area (Å²) in [6.45, 7) is 1.84. The molecular formula is C26H26ClFN4O5S2. The lowest BCUT2D eigenvalue weighted by Crippen LogP contribution is -2.51. The number of carbonyl (C=O) groups excluding carboxylic acids is 1. The zero-order valence-electron chi connectivity index (χ0n) is 20.8. The van der Waals surface area contributed by atoms with E-state index in [0.717, 1.165) is 30.2 Å². The lowest BCUT2D eigenvalue weighted by Gasteiger charge is -2.37. The highest BCUT2D eigenvalue weighted by Gasteiger charge is 2.33. The highest BCUT2D eigenvalue weighted by Crippen LogP contribution is 2.38. The fourth-order valence-electron chi connectivity index (χ4n) is 5.19. The number of thiophene rings is 1. The van der Waals surface area contributed by atoms with E-state index in [4.69, 9.17) is 11.6 Å². The number of halogens is 2. The fourth-order valence-corrected chi connectivity index (χ4v) is 7.73. The molecule has 0 bridgehead atoms. The molecular weight excluding hydrogens is 567 g/mol. The Morgan fingerprint density at radius 1 is 1.10 bits per heavy atom. The standard InChI is InChI=1S/C26H26ClFN4O5S2/c27-22-5-4-20(17-23(22)32(34)35)39(36,37)31-13-11-29(12-14-31)25(33)7-10-30-9-6-24-21(8-15-38-24)26(30)18-2-1-3-19(28)16-18/h1-5,8,15-17,26H,6-7,9-14H2. The van der Waals surface area contributed by atoms with Crippen molar-refractivity contribution in [1.82, 2.24) is 14.1 Å². The number of carbonyl (C=O) groups is 1. The number of piperazine rings is 1. The third-order valence-corrected chi connectivity index (χ3v) is 10.4. The molecule has 0 spiro atoms. The van der Waals surface area contributed by atoms with Crippen LogP contribution in [0.4, 0.5) is 10.1 Å². The van der Waals surface area contributed by atoms with Crippen molar-refractivity contribution in [3.8, 4) is 0 Å². The Morgan fingerprint density at radius 2 is 1.87 bits per heavy atom. The molecule has 3 heterocycles. The van der Waals surface area contributed by atoms with Gasteiger partial charge in [-0.1, -0.05) is 23.7 Å². The van der Waals surface area contributed by atoms with Gasteiger partial charge in [0.15, 0.2) is 0 Å². The molecule has 2 aromatic carbocycles. The maximum Gasteiger partial charge on any atom is 0.289 e. The van der Waals surface area contributed by atoms with Crippen molar-refractivity contribution in [2.75, 3.05) is 39.3 Å². The number of nitrogens with zero attached hydrogens (tertiary/aromatic N) is 4. The van der Waals surface area contributed by atoms with Gasteiger partial charge in [0.25, 0.3) is 5.69 Å². The summed E-state index contributed by atoms with van der Waals surface area (Å²) in [7, 11) is -3.98. The predicted molar refractivity (Wildman–Crippen MR) is 146 cm³/mol. The van der Waals surface area contributed by atoms with E-state index < -0.39 is 20.6 Å². The average molecular weight is 593 g/mol. The average Bonchev–Trinajstić information content (AvgIpc) is 3.40. The van der Waals surface area contributed by atoms with Crippen LogP contribution in [0.1, 0.15) is 28.5 Å². The number of nitro groups is 1. The normalized spacial score (nSPS) is 18.6. The first kappa shape index (κ1) is 27.7. The lowest BCUT2D eigenvalue weighted by atomic mass is 9.93. The summed E-state index contributed by atoms with van der Waals surface area (Å²) in [5, 5.41) is 13.1. The third-order valence-electron chi connectivity index (χ3n) is 7.19. The van der Waals surface area contributed by atoms with Gasteiger partial charge in [-0.3, -0.25) is 19.8 Å². The lowest BCUT2D eigenvalue weighted by molar-refractivity contribution is -0.384. The molecule has 9 nitrogen and oxygen atoms in total. The van der Waals surface area contributed by atoms with E-state index >= 15 is 0 Å². The first-order valence-corrected chi connectivity index (χ1v) is 15.1. The summed E-state index contributed by atoms with van der Waals surface area (Å²) in [5.74, 6) is -0.379. The Balaban J connectivity index is 1.22. The highest BCUT2D eigenvalue weighted by molar-refractivity contribution is 7.89. The molecule has 1 amide bonds. The molecule has 1 saturated heterocycles. The predicted octanol–water partition coefficient (Wildman–Crippen LogP) is 4.32. The summed E-state index contributed by atoms with van der Waals surface area (Å²) in [6.07, 6.45) is 1.12. The van der Waals surface area contributed by atoms with E-state index in [-0.39, 0.29) is 60.3 Å². The Hall–Kier alpha value is -2.90. The van der Waals surface area contributed by atoms with Crippen LogP contribution in [0.15, 0.2) is 58.8 Å². The molecule has 39 heavy (non-hydrogen) atoms. The number of sulfonamides is 1. The molecule has 1 fully saturated rings. The van der Waals surface area contributed by atoms with Crippen molar-refractivity contribution >= 4 is 44.6 Å². The largest absolute Gasteiger partial charge is 0.340 e. The first-order chi connectivity index (χ1) is 18.6. The van der Waals surface area contributed by atoms with Gasteiger partial charge in [-0.25, -0.2) is 12.8 Å². The van der Waals surface area contributed by atoms with Crippen LogP contribution in [-0.4, -0.2) is 72.6 Å². The molecule has 3 aromatic rings. The summed E-state index contributed by atoms with van der Waals surface area (Å²) in [6, 6.07) is 11.9. The van der Waals surface area contributed by atoms with E-state index in [2.05, 4.69) is 11.0 Å². The van der Waals surface area contributed by atoms with Crippen LogP contribution < -0.4 is 0 Å². The number of nitro benzene ring substituents is 1. The smallest absolute Gasteiger partial charge is 0.289 e. The summed E-state index contributed by atoms with van der Waals surface area (Å²) in [5.41, 5.74) is 1.52. The molecule has 13 heteroatoms. The number of hydrogen-bond donors (Lipinski definition) is 0. The van der Waals surface area contributed by atoms with Gasteiger partial charge >= 0.3 is 0 Å². The van der Waals surface area contributed by atoms with Crippen LogP contribution in [0.25, 0.3) is 0 Å². The molecule has 1 atom stereocenters. The van der Waals surface area contributed by atoms with Gasteiger partial charge in [0, 0.05) is 56.6 Å². The van der Waals surface area contributed by atoms with Crippen molar-refractivity contribution in [1.29, 1.82) is 0 Å². The van der Waals surface area contributed by atoms with Crippen molar-refractivity contribution in [3.05, 3.63) is 90.9 Å². The van der Waals surface area contributed by atoms with Gasteiger partial charge in [0.05, 0.1) is 15.9 Å². The van der Waals surface area contributed by atoms with Gasteiger partial charge in [0.2, 0.25) is 15.9 Å². The van der Waals surface area contributed by atoms with Crippen LogP contribution in [0.2, 0.25) is 5.02 Å². The van der Waals surface area contributed by atoms with E-state index in [9.17, 15) is 27.7 Å². The second-order valence-corrected chi connectivity index (χ2v) is 12.8. The number of fused-ring (bicyclic) bond motifs is 1. The summed E-state index contributed by atoms with van der Waals surface area (Å²) in [4.78, 5) is 28.5. The molecule has 0 aliphatic carbocycles. The van der Waals surface area contributed by atoms with Crippen molar-refractivity contribution in [2.24, 2.45) is 0 Å². The van der Waals surface area contributed by atoms with E-state index in [1.807, 2.05) is 11.4 Å². The van der Waals surface area contributed by atoms with Crippen LogP contribution in [0, 0.1) is 15.9 Å². The van der Waals surface area contributed by atoms with Crippen molar-refractivity contribution < 1.29 is 22.5 Å². The zero-order chi connectivity index (χ0) is 27.7. The molecule has 2 aliphatic heterocycles. The van der Waals surface area contributed by atoms with E-state index in [0.29, 0.717) is 6.54 Å². The molecule has 0 saturated carbocycles. The minimum atomic E-state index is -3.98. The second-order valence-electron chi connectivity index (χ2n) is 9.45. The SMILES string of the molecule is O=C(CCN1CCc2sccc2C1c1cccc(F)c1)N1CCN(S(=O)(=O)c2ccc(Cl)c([N+](=O)[O-])c2)CC1. The fraction of sp³-hybridized carbons (Fsp3) is 0.346. The third kappa shape index (κ3) is 5.71. The summed E-state index contributed by atoms with van der Waals surface area (Å²) >= 11 is 7.51. The number of amides is 1. The minimum Gasteiger partial charge on any atom is -0.340 e. The summed E-state index contributed by atoms with van der Waals surface area (Å²) < 4.78 is 41.4. The van der Waals surface area contributed by atoms with Crippen LogP contribution >= 0.6 is 22.9 Å². The maximum absolute atomic E-state index is 14.0. The molecule has 206 valence electrons. The van der Waals surface area contributed by atoms with Gasteiger partial charge in [0.1, 0.15) is 10.8 Å². The number of hydrogen-bond acceptors (Lipinski definition) is 7. The number of benzene rings is 2. The Labute approximate surface area is 234 Å². The van der Waals surface area contributed by atoms with E-state index in [1.165, 1.54) is 27.4 Å². The zero-order valence-corrected chi connectivity index (χ0v) is 23.2. The molecule has 2 aliphatic rings. The quantitative estimate of drug-likeness (QED) is 0.299. The molecule has 0 N–H and O–H groups in total. The monoisotopic (exact) mass is 592 g/mol. The molecule has 5 rings (SSSR count). The van der Waals surface area contributed by atoms with Crippen molar-refractivity contribution in [3.63, 3.8) is 0 Å². The van der Waals surface area contributed by atoms with E-state index in [1.54, 1.807) is 28.4 Å². The van der Waals surface area contributed by atoms with Gasteiger partial charge in [-0.2, -0.15) is 4.31 Å². The van der Waals surface area contributed by atoms with Gasteiger partial charge < -0.3 is 4.90 Å². The second kappa shape index (κ2) is 11.3. The Morgan fingerprint density at radius 3 is 2.59 bits per heavy atom. The van der Waals surface area contributed by atoms with Gasteiger partial charge in [-0.15, -0.1) is 11.3 Å². The van der Waals surface area contributed by atoms with Crippen LogP contribution in [0.5, 0.6) is 0 Å². The highest BCUT2D eigenvalue weighted by atomic mass is 35.5. The number of rotatable bonds is 7.